The molecule has 0 atom stereocenters. The number of ether oxygens (including phenoxy) is 2. The maximum absolute atomic E-state index is 14.6. The summed E-state index contributed by atoms with van der Waals surface area (Å²) in [6.45, 7) is 0.980. The molecule has 0 aromatic heterocycles. The summed E-state index contributed by atoms with van der Waals surface area (Å²) in [5.41, 5.74) is 12.0. The van der Waals surface area contributed by atoms with E-state index in [1.165, 1.54) is 6.07 Å². The van der Waals surface area contributed by atoms with Crippen molar-refractivity contribution in [3.63, 3.8) is 0 Å². The van der Waals surface area contributed by atoms with Gasteiger partial charge in [-0.2, -0.15) is 4.99 Å². The summed E-state index contributed by atoms with van der Waals surface area (Å²) < 4.78 is 25.2. The summed E-state index contributed by atoms with van der Waals surface area (Å²) >= 11 is 0. The topological polar surface area (TPSA) is 98.5 Å². The van der Waals surface area contributed by atoms with Crippen LogP contribution in [0.2, 0.25) is 0 Å². The van der Waals surface area contributed by atoms with E-state index in [1.807, 2.05) is 4.90 Å². The number of anilines is 1. The van der Waals surface area contributed by atoms with Crippen molar-refractivity contribution in [1.29, 1.82) is 0 Å². The Bertz CT molecular complexity index is 726. The Morgan fingerprint density at radius 1 is 1.20 bits per heavy atom. The zero-order valence-corrected chi connectivity index (χ0v) is 13.9. The monoisotopic (exact) mass is 347 g/mol. The second-order valence-corrected chi connectivity index (χ2v) is 6.71. The van der Waals surface area contributed by atoms with Gasteiger partial charge in [-0.3, -0.25) is 4.90 Å². The van der Waals surface area contributed by atoms with E-state index in [0.717, 1.165) is 32.1 Å². The minimum absolute atomic E-state index is 0.0870. The zero-order chi connectivity index (χ0) is 17.4. The second-order valence-electron chi connectivity index (χ2n) is 6.71. The highest BCUT2D eigenvalue weighted by atomic mass is 19.1. The van der Waals surface area contributed by atoms with Gasteiger partial charge in [0.05, 0.1) is 13.2 Å². The molecule has 1 spiro atoms. The maximum atomic E-state index is 14.6. The predicted octanol–water partition coefficient (Wildman–Crippen LogP) is 1.71. The van der Waals surface area contributed by atoms with Gasteiger partial charge in [0.2, 0.25) is 11.9 Å². The van der Waals surface area contributed by atoms with Crippen LogP contribution in [0.5, 0.6) is 5.75 Å². The second kappa shape index (κ2) is 6.18. The van der Waals surface area contributed by atoms with Gasteiger partial charge in [0.1, 0.15) is 11.8 Å². The van der Waals surface area contributed by atoms with Crippen LogP contribution >= 0.6 is 0 Å². The highest BCUT2D eigenvalue weighted by molar-refractivity contribution is 6.05. The van der Waals surface area contributed by atoms with Gasteiger partial charge in [-0.1, -0.05) is 6.42 Å². The molecule has 2 fully saturated rings. The fraction of sp³-hybridized carbons (Fsp3) is 0.529. The lowest BCUT2D eigenvalue weighted by molar-refractivity contribution is -0.0808. The molecule has 3 aliphatic rings. The number of halogens is 1. The number of hydrogen-bond donors (Lipinski definition) is 2. The van der Waals surface area contributed by atoms with E-state index < -0.39 is 11.5 Å². The van der Waals surface area contributed by atoms with Gasteiger partial charge in [0.15, 0.2) is 11.6 Å². The van der Waals surface area contributed by atoms with E-state index in [4.69, 9.17) is 20.9 Å². The Hall–Kier alpha value is -2.35. The lowest BCUT2D eigenvalue weighted by Gasteiger charge is -2.45. The molecular weight excluding hydrogens is 325 g/mol. The summed E-state index contributed by atoms with van der Waals surface area (Å²) in [5.74, 6) is 0.201. The van der Waals surface area contributed by atoms with Gasteiger partial charge in [0, 0.05) is 11.8 Å². The summed E-state index contributed by atoms with van der Waals surface area (Å²) in [6.07, 6.45) is 4.72. The van der Waals surface area contributed by atoms with E-state index in [2.05, 4.69) is 9.98 Å². The quantitative estimate of drug-likeness (QED) is 0.867. The smallest absolute Gasteiger partial charge is 0.220 e. The first-order valence-electron chi connectivity index (χ1n) is 8.61. The lowest BCUT2D eigenvalue weighted by Crippen LogP contribution is -2.58. The first-order chi connectivity index (χ1) is 12.1. The fourth-order valence-corrected chi connectivity index (χ4v) is 3.68. The van der Waals surface area contributed by atoms with Crippen LogP contribution in [0.25, 0.3) is 0 Å². The molecule has 25 heavy (non-hydrogen) atoms. The molecule has 134 valence electrons. The SMILES string of the molecule is NC1=NC2(CCCCC2)N(c2ccc(OC3COC3)c(F)c2)C(N)=N1. The molecule has 1 aromatic carbocycles. The van der Waals surface area contributed by atoms with Crippen LogP contribution in [0.15, 0.2) is 28.2 Å². The number of hydrogen-bond acceptors (Lipinski definition) is 7. The molecule has 1 aliphatic carbocycles. The third-order valence-electron chi connectivity index (χ3n) is 4.93. The Kier molecular flexibility index (Phi) is 3.99. The molecule has 2 aliphatic heterocycles. The molecule has 0 radical (unpaired) electrons. The molecule has 1 aromatic rings. The summed E-state index contributed by atoms with van der Waals surface area (Å²) in [6, 6.07) is 4.83. The third kappa shape index (κ3) is 2.90. The number of benzene rings is 1. The van der Waals surface area contributed by atoms with E-state index in [0.29, 0.717) is 18.9 Å². The van der Waals surface area contributed by atoms with Crippen LogP contribution in [-0.4, -0.2) is 36.9 Å². The van der Waals surface area contributed by atoms with Crippen molar-refractivity contribution in [2.75, 3.05) is 18.1 Å². The largest absolute Gasteiger partial charge is 0.483 e. The average molecular weight is 347 g/mol. The van der Waals surface area contributed by atoms with Crippen molar-refractivity contribution >= 4 is 17.6 Å². The number of guanidine groups is 2. The molecule has 1 saturated carbocycles. The van der Waals surface area contributed by atoms with Crippen molar-refractivity contribution in [1.82, 2.24) is 0 Å². The van der Waals surface area contributed by atoms with Gasteiger partial charge < -0.3 is 20.9 Å². The Morgan fingerprint density at radius 2 is 1.96 bits per heavy atom. The van der Waals surface area contributed by atoms with Crippen LogP contribution in [-0.2, 0) is 4.74 Å². The molecule has 0 amide bonds. The molecular formula is C17H22FN5O2. The Morgan fingerprint density at radius 3 is 2.60 bits per heavy atom. The van der Waals surface area contributed by atoms with Gasteiger partial charge in [-0.15, -0.1) is 0 Å². The molecule has 4 rings (SSSR count). The van der Waals surface area contributed by atoms with Crippen LogP contribution < -0.4 is 21.1 Å². The molecule has 7 nitrogen and oxygen atoms in total. The first kappa shape index (κ1) is 16.1. The zero-order valence-electron chi connectivity index (χ0n) is 13.9. The highest BCUT2D eigenvalue weighted by Crippen LogP contribution is 2.40. The van der Waals surface area contributed by atoms with Crippen molar-refractivity contribution in [2.24, 2.45) is 21.5 Å². The molecule has 4 N–H and O–H groups in total. The lowest BCUT2D eigenvalue weighted by atomic mass is 9.87. The number of nitrogens with zero attached hydrogens (tertiary/aromatic N) is 3. The van der Waals surface area contributed by atoms with E-state index >= 15 is 0 Å². The van der Waals surface area contributed by atoms with Gasteiger partial charge in [0.25, 0.3) is 0 Å². The van der Waals surface area contributed by atoms with Crippen LogP contribution in [0.4, 0.5) is 10.1 Å². The molecule has 1 saturated heterocycles. The van der Waals surface area contributed by atoms with Crippen molar-refractivity contribution < 1.29 is 13.9 Å². The Labute approximate surface area is 145 Å². The molecule has 2 heterocycles. The number of rotatable bonds is 3. The molecule has 8 heteroatoms. The normalized spacial score (nSPS) is 23.0. The van der Waals surface area contributed by atoms with Gasteiger partial charge in [-0.25, -0.2) is 9.38 Å². The molecule has 0 unspecified atom stereocenters. The van der Waals surface area contributed by atoms with Crippen LogP contribution in [0.1, 0.15) is 32.1 Å². The van der Waals surface area contributed by atoms with Crippen LogP contribution in [0.3, 0.4) is 0 Å². The van der Waals surface area contributed by atoms with Crippen molar-refractivity contribution in [2.45, 2.75) is 43.9 Å². The van der Waals surface area contributed by atoms with Crippen molar-refractivity contribution in [3.05, 3.63) is 24.0 Å². The predicted molar refractivity (Wildman–Crippen MR) is 93.2 cm³/mol. The van der Waals surface area contributed by atoms with E-state index in [9.17, 15) is 4.39 Å². The van der Waals surface area contributed by atoms with Gasteiger partial charge >= 0.3 is 0 Å². The number of aliphatic imine (C=N–C) groups is 2. The summed E-state index contributed by atoms with van der Waals surface area (Å²) in [4.78, 5) is 10.5. The van der Waals surface area contributed by atoms with Gasteiger partial charge in [-0.05, 0) is 37.8 Å². The number of nitrogens with two attached hydrogens (primary N) is 2. The summed E-state index contributed by atoms with van der Waals surface area (Å²) in [5, 5.41) is 0. The minimum atomic E-state index is -0.579. The molecule has 0 bridgehead atoms. The maximum Gasteiger partial charge on any atom is 0.220 e. The summed E-state index contributed by atoms with van der Waals surface area (Å²) in [7, 11) is 0. The average Bonchev–Trinajstić information content (AvgIpc) is 2.52. The van der Waals surface area contributed by atoms with Crippen LogP contribution in [0, 0.1) is 5.82 Å². The standard InChI is InChI=1S/C17H22FN5O2/c18-13-8-11(4-5-14(13)25-12-9-24-10-12)23-16(20)21-15(19)22-17(23)6-2-1-3-7-17/h4-5,8,12H,1-3,6-7,9-10H2,(H4,19,20,21,22). The fourth-order valence-electron chi connectivity index (χ4n) is 3.68. The third-order valence-corrected chi connectivity index (χ3v) is 4.93. The minimum Gasteiger partial charge on any atom is -0.483 e. The van der Waals surface area contributed by atoms with Crippen molar-refractivity contribution in [3.8, 4) is 5.75 Å². The van der Waals surface area contributed by atoms with E-state index in [1.54, 1.807) is 12.1 Å². The first-order valence-corrected chi connectivity index (χ1v) is 8.61. The Balaban J connectivity index is 1.66. The highest BCUT2D eigenvalue weighted by Gasteiger charge is 2.42. The van der Waals surface area contributed by atoms with E-state index in [-0.39, 0.29) is 23.8 Å².